The smallest absolute Gasteiger partial charge is 0.410 e. The van der Waals surface area contributed by atoms with E-state index in [0.717, 1.165) is 12.0 Å². The van der Waals surface area contributed by atoms with Crippen LogP contribution in [0.1, 0.15) is 39.2 Å². The summed E-state index contributed by atoms with van der Waals surface area (Å²) < 4.78 is 10.3. The molecule has 2 atom stereocenters. The van der Waals surface area contributed by atoms with Gasteiger partial charge >= 0.3 is 12.1 Å². The first-order valence-electron chi connectivity index (χ1n) is 9.52. The molecule has 1 aliphatic rings. The largest absolute Gasteiger partial charge is 0.467 e. The first-order chi connectivity index (χ1) is 13.1. The van der Waals surface area contributed by atoms with Gasteiger partial charge in [0.1, 0.15) is 17.7 Å². The molecule has 0 aliphatic carbocycles. The number of benzene rings is 1. The van der Waals surface area contributed by atoms with E-state index in [1.165, 1.54) is 16.9 Å². The maximum absolute atomic E-state index is 13.4. The first-order valence-corrected chi connectivity index (χ1v) is 9.52. The topological polar surface area (TPSA) is 76.2 Å². The number of amides is 2. The molecule has 1 aliphatic heterocycles. The zero-order valence-electron chi connectivity index (χ0n) is 17.3. The molecule has 7 nitrogen and oxygen atoms in total. The standard InChI is InChI=1S/C21H30N2O5/c1-21(2,3)28-20(26)22(4)17(14-15-10-7-6-8-11-15)18(24)23-13-9-12-16(23)19(25)27-5/h6-8,10-11,16-17H,9,12-14H2,1-5H3/t16-,17+/m0/s1. The summed E-state index contributed by atoms with van der Waals surface area (Å²) in [4.78, 5) is 40.9. The molecule has 1 aromatic carbocycles. The molecule has 1 aromatic rings. The van der Waals surface area contributed by atoms with Gasteiger partial charge in [0.25, 0.3) is 0 Å². The van der Waals surface area contributed by atoms with Gasteiger partial charge in [-0.25, -0.2) is 9.59 Å². The van der Waals surface area contributed by atoms with Gasteiger partial charge in [0.2, 0.25) is 5.91 Å². The minimum absolute atomic E-state index is 0.273. The van der Waals surface area contributed by atoms with E-state index in [1.54, 1.807) is 27.8 Å². The van der Waals surface area contributed by atoms with Gasteiger partial charge in [0, 0.05) is 20.0 Å². The molecule has 0 bridgehead atoms. The van der Waals surface area contributed by atoms with Crippen LogP contribution in [0.15, 0.2) is 30.3 Å². The molecule has 0 aromatic heterocycles. The second kappa shape index (κ2) is 9.08. The highest BCUT2D eigenvalue weighted by atomic mass is 16.6. The Morgan fingerprint density at radius 3 is 2.43 bits per heavy atom. The van der Waals surface area contributed by atoms with Crippen LogP contribution in [0, 0.1) is 0 Å². The van der Waals surface area contributed by atoms with Crippen LogP contribution < -0.4 is 0 Å². The highest BCUT2D eigenvalue weighted by molar-refractivity contribution is 5.90. The maximum Gasteiger partial charge on any atom is 0.410 e. The maximum atomic E-state index is 13.4. The summed E-state index contributed by atoms with van der Waals surface area (Å²) in [6, 6.07) is 8.10. The van der Waals surface area contributed by atoms with Gasteiger partial charge in [0.05, 0.1) is 7.11 Å². The van der Waals surface area contributed by atoms with E-state index in [0.29, 0.717) is 19.4 Å². The zero-order valence-corrected chi connectivity index (χ0v) is 17.3. The van der Waals surface area contributed by atoms with Crippen molar-refractivity contribution in [2.75, 3.05) is 20.7 Å². The molecule has 0 N–H and O–H groups in total. The van der Waals surface area contributed by atoms with E-state index < -0.39 is 29.7 Å². The highest BCUT2D eigenvalue weighted by Crippen LogP contribution is 2.23. The van der Waals surface area contributed by atoms with Gasteiger partial charge in [-0.2, -0.15) is 0 Å². The summed E-state index contributed by atoms with van der Waals surface area (Å²) in [6.45, 7) is 5.80. The second-order valence-electron chi connectivity index (χ2n) is 8.01. The van der Waals surface area contributed by atoms with Gasteiger partial charge in [-0.3, -0.25) is 9.69 Å². The minimum Gasteiger partial charge on any atom is -0.467 e. The van der Waals surface area contributed by atoms with Crippen molar-refractivity contribution in [3.8, 4) is 0 Å². The fraction of sp³-hybridized carbons (Fsp3) is 0.571. The van der Waals surface area contributed by atoms with E-state index in [2.05, 4.69) is 0 Å². The van der Waals surface area contributed by atoms with E-state index in [9.17, 15) is 14.4 Å². The van der Waals surface area contributed by atoms with E-state index in [4.69, 9.17) is 9.47 Å². The minimum atomic E-state index is -0.775. The summed E-state index contributed by atoms with van der Waals surface area (Å²) in [7, 11) is 2.88. The summed E-state index contributed by atoms with van der Waals surface area (Å²) >= 11 is 0. The van der Waals surface area contributed by atoms with Gasteiger partial charge in [-0.1, -0.05) is 30.3 Å². The van der Waals surface area contributed by atoms with Crippen LogP contribution in [0.4, 0.5) is 4.79 Å². The first kappa shape index (κ1) is 21.7. The number of carbonyl (C=O) groups is 3. The van der Waals surface area contributed by atoms with Crippen LogP contribution in [-0.2, 0) is 25.5 Å². The van der Waals surface area contributed by atoms with Crippen molar-refractivity contribution in [3.63, 3.8) is 0 Å². The molecule has 28 heavy (non-hydrogen) atoms. The Kier molecular flexibility index (Phi) is 7.05. The van der Waals surface area contributed by atoms with E-state index >= 15 is 0 Å². The predicted octanol–water partition coefficient (Wildman–Crippen LogP) is 2.63. The van der Waals surface area contributed by atoms with Crippen molar-refractivity contribution in [2.24, 2.45) is 0 Å². The Morgan fingerprint density at radius 2 is 1.86 bits per heavy atom. The molecule has 2 amide bonds. The summed E-state index contributed by atoms with van der Waals surface area (Å²) in [6.07, 6.45) is 1.04. The highest BCUT2D eigenvalue weighted by Gasteiger charge is 2.40. The summed E-state index contributed by atoms with van der Waals surface area (Å²) in [5, 5.41) is 0. The van der Waals surface area contributed by atoms with Crippen LogP contribution in [0.25, 0.3) is 0 Å². The van der Waals surface area contributed by atoms with E-state index in [-0.39, 0.29) is 5.91 Å². The van der Waals surface area contributed by atoms with Crippen molar-refractivity contribution in [1.82, 2.24) is 9.80 Å². The van der Waals surface area contributed by atoms with Crippen molar-refractivity contribution in [2.45, 2.75) is 57.7 Å². The predicted molar refractivity (Wildman–Crippen MR) is 105 cm³/mol. The van der Waals surface area contributed by atoms with Crippen LogP contribution in [0.2, 0.25) is 0 Å². The van der Waals surface area contributed by atoms with Crippen LogP contribution in [0.5, 0.6) is 0 Å². The normalized spacial score (nSPS) is 17.8. The summed E-state index contributed by atoms with van der Waals surface area (Å²) in [5.41, 5.74) is 0.249. The van der Waals surface area contributed by atoms with Gasteiger partial charge in [0.15, 0.2) is 0 Å². The third-order valence-corrected chi connectivity index (χ3v) is 4.72. The average Bonchev–Trinajstić information content (AvgIpc) is 3.13. The van der Waals surface area contributed by atoms with Crippen LogP contribution >= 0.6 is 0 Å². The fourth-order valence-corrected chi connectivity index (χ4v) is 3.29. The van der Waals surface area contributed by atoms with Crippen molar-refractivity contribution < 1.29 is 23.9 Å². The number of hydrogen-bond acceptors (Lipinski definition) is 5. The van der Waals surface area contributed by atoms with Crippen molar-refractivity contribution >= 4 is 18.0 Å². The van der Waals surface area contributed by atoms with Crippen LogP contribution in [0.3, 0.4) is 0 Å². The molecule has 1 fully saturated rings. The van der Waals surface area contributed by atoms with Crippen molar-refractivity contribution in [3.05, 3.63) is 35.9 Å². The SMILES string of the molecule is COC(=O)[C@@H]1CCCN1C(=O)[C@@H](Cc1ccccc1)N(C)C(=O)OC(C)(C)C. The van der Waals surface area contributed by atoms with Gasteiger partial charge in [-0.15, -0.1) is 0 Å². The molecule has 0 spiro atoms. The molecular formula is C21H30N2O5. The molecular weight excluding hydrogens is 360 g/mol. The molecule has 154 valence electrons. The lowest BCUT2D eigenvalue weighted by Gasteiger charge is -2.34. The summed E-state index contributed by atoms with van der Waals surface area (Å²) in [5.74, 6) is -0.700. The number of likely N-dealkylation sites (N-methyl/N-ethyl adjacent to an activating group) is 1. The zero-order chi connectivity index (χ0) is 20.9. The number of methoxy groups -OCH3 is 1. The van der Waals surface area contributed by atoms with Gasteiger partial charge < -0.3 is 14.4 Å². The Labute approximate surface area is 166 Å². The fourth-order valence-electron chi connectivity index (χ4n) is 3.29. The molecule has 0 radical (unpaired) electrons. The molecule has 1 saturated heterocycles. The third-order valence-electron chi connectivity index (χ3n) is 4.72. The molecule has 0 unspecified atom stereocenters. The number of nitrogens with zero attached hydrogens (tertiary/aromatic N) is 2. The lowest BCUT2D eigenvalue weighted by Crippen LogP contribution is -2.54. The van der Waals surface area contributed by atoms with Crippen LogP contribution in [-0.4, -0.2) is 66.2 Å². The van der Waals surface area contributed by atoms with Crippen molar-refractivity contribution in [1.29, 1.82) is 0 Å². The number of likely N-dealkylation sites (tertiary alicyclic amines) is 1. The lowest BCUT2D eigenvalue weighted by molar-refractivity contribution is -0.152. The number of ether oxygens (including phenoxy) is 2. The third kappa shape index (κ3) is 5.47. The second-order valence-corrected chi connectivity index (χ2v) is 8.01. The number of esters is 1. The monoisotopic (exact) mass is 390 g/mol. The number of carbonyl (C=O) groups excluding carboxylic acids is 3. The Morgan fingerprint density at radius 1 is 1.21 bits per heavy atom. The number of rotatable bonds is 5. The van der Waals surface area contributed by atoms with E-state index in [1.807, 2.05) is 30.3 Å². The lowest BCUT2D eigenvalue weighted by atomic mass is 10.0. The molecule has 1 heterocycles. The Balaban J connectivity index is 2.27. The molecule has 2 rings (SSSR count). The average molecular weight is 390 g/mol. The quantitative estimate of drug-likeness (QED) is 0.723. The Hall–Kier alpha value is -2.57. The molecule has 7 heteroatoms. The molecule has 0 saturated carbocycles. The Bertz CT molecular complexity index is 698. The number of hydrogen-bond donors (Lipinski definition) is 0. The van der Waals surface area contributed by atoms with Gasteiger partial charge in [-0.05, 0) is 39.2 Å².